The van der Waals surface area contributed by atoms with E-state index in [0.717, 1.165) is 66.3 Å². The lowest BCUT2D eigenvalue weighted by atomic mass is 10.0. The molecule has 0 aromatic carbocycles. The summed E-state index contributed by atoms with van der Waals surface area (Å²) in [6.07, 6.45) is 10.5. The molecule has 1 saturated heterocycles. The van der Waals surface area contributed by atoms with Crippen LogP contribution in [0.4, 0.5) is 5.82 Å². The number of aliphatic imine (C=N–C) groups is 1. The first-order chi connectivity index (χ1) is 19.5. The average Bonchev–Trinajstić information content (AvgIpc) is 3.40. The van der Waals surface area contributed by atoms with Crippen LogP contribution in [-0.4, -0.2) is 70.0 Å². The van der Waals surface area contributed by atoms with Gasteiger partial charge in [0.05, 0.1) is 23.4 Å². The number of ether oxygens (including phenoxy) is 1. The Balaban J connectivity index is 1.30. The second-order valence-corrected chi connectivity index (χ2v) is 9.95. The van der Waals surface area contributed by atoms with Crippen LogP contribution in [0.1, 0.15) is 30.5 Å². The average molecular weight is 536 g/mol. The van der Waals surface area contributed by atoms with Crippen molar-refractivity contribution >= 4 is 23.1 Å². The van der Waals surface area contributed by atoms with Gasteiger partial charge in [0.1, 0.15) is 11.9 Å². The largest absolute Gasteiger partial charge is 0.475 e. The topological polar surface area (TPSA) is 121 Å². The molecule has 0 saturated carbocycles. The van der Waals surface area contributed by atoms with Crippen LogP contribution in [0.2, 0.25) is 0 Å². The highest BCUT2D eigenvalue weighted by Gasteiger charge is 2.19. The highest BCUT2D eigenvalue weighted by atomic mass is 16.5. The van der Waals surface area contributed by atoms with Gasteiger partial charge in [-0.15, -0.1) is 0 Å². The summed E-state index contributed by atoms with van der Waals surface area (Å²) in [7, 11) is 1.70. The standard InChI is InChI=1S/C30H33N9O/c1-21(2)40-29-7-4-22(15-35-29)19-37-8-10-38(11-9-37)28-6-5-23(17-34-28)27-12-24(25(13-31)16-33-3)20-39-30(27)26(14-32)18-36-39/h4-7,12-13,15-18,20-21H,8-11,19,31H2,1-3H3. The molecule has 0 unspecified atom stereocenters. The third kappa shape index (κ3) is 5.80. The molecule has 40 heavy (non-hydrogen) atoms. The van der Waals surface area contributed by atoms with E-state index in [4.69, 9.17) is 15.5 Å². The number of anilines is 1. The Labute approximate surface area is 234 Å². The zero-order valence-corrected chi connectivity index (χ0v) is 23.0. The van der Waals surface area contributed by atoms with Crippen LogP contribution in [0.3, 0.4) is 0 Å². The van der Waals surface area contributed by atoms with Gasteiger partial charge in [0.25, 0.3) is 0 Å². The number of fused-ring (bicyclic) bond motifs is 1. The van der Waals surface area contributed by atoms with Crippen LogP contribution in [0.5, 0.6) is 5.88 Å². The molecule has 0 atom stereocenters. The molecule has 1 fully saturated rings. The first kappa shape index (κ1) is 26.8. The molecule has 0 aliphatic carbocycles. The summed E-state index contributed by atoms with van der Waals surface area (Å²) < 4.78 is 7.36. The molecule has 10 nitrogen and oxygen atoms in total. The number of nitrogens with two attached hydrogens (primary N) is 1. The Kier molecular flexibility index (Phi) is 8.03. The molecule has 1 aliphatic rings. The molecule has 10 heteroatoms. The van der Waals surface area contributed by atoms with Gasteiger partial charge in [-0.2, -0.15) is 10.4 Å². The Bertz CT molecular complexity index is 1560. The number of nitrogens with zero attached hydrogens (tertiary/aromatic N) is 8. The van der Waals surface area contributed by atoms with Crippen molar-refractivity contribution in [1.82, 2.24) is 24.5 Å². The van der Waals surface area contributed by atoms with E-state index < -0.39 is 0 Å². The van der Waals surface area contributed by atoms with E-state index in [2.05, 4.69) is 37.0 Å². The van der Waals surface area contributed by atoms with E-state index in [1.165, 1.54) is 11.8 Å². The van der Waals surface area contributed by atoms with Crippen LogP contribution in [0.15, 0.2) is 66.3 Å². The van der Waals surface area contributed by atoms with Crippen molar-refractivity contribution < 1.29 is 4.74 Å². The number of nitriles is 1. The summed E-state index contributed by atoms with van der Waals surface area (Å²) in [5.41, 5.74) is 11.6. The van der Waals surface area contributed by atoms with Gasteiger partial charge in [-0.1, -0.05) is 6.07 Å². The maximum absolute atomic E-state index is 9.69. The third-order valence-corrected chi connectivity index (χ3v) is 6.83. The zero-order chi connectivity index (χ0) is 28.1. The third-order valence-electron chi connectivity index (χ3n) is 6.83. The number of allylic oxidation sites excluding steroid dienone is 1. The Morgan fingerprint density at radius 3 is 2.58 bits per heavy atom. The van der Waals surface area contributed by atoms with Gasteiger partial charge in [-0.3, -0.25) is 9.89 Å². The predicted octanol–water partition coefficient (Wildman–Crippen LogP) is 3.77. The van der Waals surface area contributed by atoms with Crippen molar-refractivity contribution in [3.63, 3.8) is 0 Å². The van der Waals surface area contributed by atoms with Crippen LogP contribution in [-0.2, 0) is 6.54 Å². The molecule has 0 amide bonds. The molecule has 204 valence electrons. The fraction of sp³-hybridized carbons (Fsp3) is 0.300. The van der Waals surface area contributed by atoms with Crippen molar-refractivity contribution in [2.75, 3.05) is 38.1 Å². The molecular formula is C30H33N9O. The van der Waals surface area contributed by atoms with Gasteiger partial charge >= 0.3 is 0 Å². The summed E-state index contributed by atoms with van der Waals surface area (Å²) in [4.78, 5) is 18.1. The fourth-order valence-corrected chi connectivity index (χ4v) is 4.88. The second kappa shape index (κ2) is 12.0. The smallest absolute Gasteiger partial charge is 0.213 e. The summed E-state index contributed by atoms with van der Waals surface area (Å²) in [6.45, 7) is 8.49. The summed E-state index contributed by atoms with van der Waals surface area (Å²) in [6, 6.07) is 12.4. The van der Waals surface area contributed by atoms with Crippen LogP contribution in [0, 0.1) is 11.3 Å². The number of hydrogen-bond donors (Lipinski definition) is 1. The SMILES string of the molecule is CN=CC(=CN)c1cc(-c2ccc(N3CCN(Cc4ccc(OC(C)C)nc4)CC3)nc2)c2c(C#N)cnn2c1. The quantitative estimate of drug-likeness (QED) is 0.339. The first-order valence-electron chi connectivity index (χ1n) is 13.3. The maximum Gasteiger partial charge on any atom is 0.213 e. The van der Waals surface area contributed by atoms with Crippen molar-refractivity contribution in [2.45, 2.75) is 26.5 Å². The Hall–Kier alpha value is -4.75. The summed E-state index contributed by atoms with van der Waals surface area (Å²) in [5, 5.41) is 14.1. The molecule has 0 bridgehead atoms. The maximum atomic E-state index is 9.69. The van der Waals surface area contributed by atoms with E-state index in [0.29, 0.717) is 11.4 Å². The van der Waals surface area contributed by atoms with E-state index in [-0.39, 0.29) is 6.10 Å². The summed E-state index contributed by atoms with van der Waals surface area (Å²) in [5.74, 6) is 1.59. The molecule has 2 N–H and O–H groups in total. The van der Waals surface area contributed by atoms with E-state index in [9.17, 15) is 5.26 Å². The van der Waals surface area contributed by atoms with Crippen LogP contribution in [0.25, 0.3) is 22.2 Å². The lowest BCUT2D eigenvalue weighted by molar-refractivity contribution is 0.231. The normalized spacial score (nSPS) is 14.8. The van der Waals surface area contributed by atoms with Gasteiger partial charge in [-0.25, -0.2) is 14.5 Å². The van der Waals surface area contributed by atoms with E-state index in [1.54, 1.807) is 24.0 Å². The lowest BCUT2D eigenvalue weighted by Crippen LogP contribution is -2.46. The molecule has 1 aliphatic heterocycles. The fourth-order valence-electron chi connectivity index (χ4n) is 4.88. The molecule has 4 aromatic rings. The number of aromatic nitrogens is 4. The monoisotopic (exact) mass is 535 g/mol. The van der Waals surface area contributed by atoms with Crippen molar-refractivity contribution in [2.24, 2.45) is 10.7 Å². The van der Waals surface area contributed by atoms with Crippen LogP contribution < -0.4 is 15.4 Å². The summed E-state index contributed by atoms with van der Waals surface area (Å²) >= 11 is 0. The molecule has 5 rings (SSSR count). The molecular weight excluding hydrogens is 502 g/mol. The van der Waals surface area contributed by atoms with Gasteiger partial charge in [0.2, 0.25) is 5.88 Å². The second-order valence-electron chi connectivity index (χ2n) is 9.95. The molecule has 5 heterocycles. The number of pyridine rings is 3. The highest BCUT2D eigenvalue weighted by Crippen LogP contribution is 2.31. The van der Waals surface area contributed by atoms with E-state index >= 15 is 0 Å². The zero-order valence-electron chi connectivity index (χ0n) is 23.0. The molecule has 0 radical (unpaired) electrons. The number of rotatable bonds is 8. The van der Waals surface area contributed by atoms with Gasteiger partial charge in [-0.05, 0) is 37.6 Å². The Morgan fingerprint density at radius 1 is 1.12 bits per heavy atom. The van der Waals surface area contributed by atoms with Crippen molar-refractivity contribution in [3.8, 4) is 23.1 Å². The van der Waals surface area contributed by atoms with Gasteiger partial charge in [0, 0.05) is 99.1 Å². The predicted molar refractivity (Wildman–Crippen MR) is 157 cm³/mol. The molecule has 4 aromatic heterocycles. The minimum Gasteiger partial charge on any atom is -0.475 e. The van der Waals surface area contributed by atoms with Crippen molar-refractivity contribution in [3.05, 3.63) is 78.0 Å². The number of hydrogen-bond acceptors (Lipinski definition) is 9. The van der Waals surface area contributed by atoms with Crippen LogP contribution >= 0.6 is 0 Å². The molecule has 0 spiro atoms. The van der Waals surface area contributed by atoms with Gasteiger partial charge in [0.15, 0.2) is 0 Å². The lowest BCUT2D eigenvalue weighted by Gasteiger charge is -2.35. The van der Waals surface area contributed by atoms with E-state index in [1.807, 2.05) is 56.7 Å². The van der Waals surface area contributed by atoms with Gasteiger partial charge < -0.3 is 15.4 Å². The van der Waals surface area contributed by atoms with Crippen molar-refractivity contribution in [1.29, 1.82) is 5.26 Å². The minimum atomic E-state index is 0.114. The first-order valence-corrected chi connectivity index (χ1v) is 13.3. The Morgan fingerprint density at radius 2 is 1.95 bits per heavy atom. The number of piperazine rings is 1. The highest BCUT2D eigenvalue weighted by molar-refractivity contribution is 6.10. The minimum absolute atomic E-state index is 0.114.